The summed E-state index contributed by atoms with van der Waals surface area (Å²) in [5.41, 5.74) is 1.29. The van der Waals surface area contributed by atoms with Gasteiger partial charge in [-0.05, 0) is 18.6 Å². The summed E-state index contributed by atoms with van der Waals surface area (Å²) in [6, 6.07) is 13.9. The lowest BCUT2D eigenvalue weighted by Crippen LogP contribution is -1.99. The molecule has 0 aliphatic heterocycles. The molecule has 0 fully saturated rings. The molecule has 116 valence electrons. The quantitative estimate of drug-likeness (QED) is 0.664. The van der Waals surface area contributed by atoms with Gasteiger partial charge in [-0.1, -0.05) is 49.9 Å². The number of phenols is 2. The molecule has 4 nitrogen and oxygen atoms in total. The number of para-hydroxylation sites is 2. The van der Waals surface area contributed by atoms with Crippen molar-refractivity contribution in [1.29, 1.82) is 0 Å². The molecule has 0 aliphatic carbocycles. The van der Waals surface area contributed by atoms with Crippen molar-refractivity contribution in [2.24, 2.45) is 0 Å². The molecule has 0 bridgehead atoms. The number of hydrogen-bond acceptors (Lipinski definition) is 4. The van der Waals surface area contributed by atoms with Crippen molar-refractivity contribution in [2.45, 2.75) is 13.3 Å². The molecule has 2 aromatic rings. The van der Waals surface area contributed by atoms with Crippen molar-refractivity contribution in [1.82, 2.24) is 0 Å². The largest absolute Gasteiger partial charge is 0.507 e. The summed E-state index contributed by atoms with van der Waals surface area (Å²) in [6.45, 7) is 5.67. The summed E-state index contributed by atoms with van der Waals surface area (Å²) in [7, 11) is 0. The van der Waals surface area contributed by atoms with E-state index >= 15 is 0 Å². The maximum absolute atomic E-state index is 10.2. The number of aromatic hydroxyl groups is 2. The van der Waals surface area contributed by atoms with Crippen LogP contribution < -0.4 is 0 Å². The topological polar surface area (TPSA) is 66.8 Å². The van der Waals surface area contributed by atoms with E-state index in [1.165, 1.54) is 0 Å². The number of carbonyl (C=O) groups is 1. The molecule has 2 aromatic carbocycles. The SMILES string of the molecule is C=CC(=O)OCCC.Oc1ccccc1-c1ccccc1O. The fraction of sp³-hybridized carbons (Fsp3) is 0.167. The van der Waals surface area contributed by atoms with Crippen LogP contribution in [0.3, 0.4) is 0 Å². The van der Waals surface area contributed by atoms with Gasteiger partial charge in [-0.2, -0.15) is 0 Å². The van der Waals surface area contributed by atoms with Crippen molar-refractivity contribution < 1.29 is 19.7 Å². The molecule has 22 heavy (non-hydrogen) atoms. The van der Waals surface area contributed by atoms with Crippen molar-refractivity contribution in [3.05, 3.63) is 61.2 Å². The summed E-state index contributed by atoms with van der Waals surface area (Å²) in [5.74, 6) is 0.00912. The first-order valence-corrected chi connectivity index (χ1v) is 6.95. The van der Waals surface area contributed by atoms with E-state index in [4.69, 9.17) is 0 Å². The van der Waals surface area contributed by atoms with E-state index in [-0.39, 0.29) is 17.5 Å². The van der Waals surface area contributed by atoms with Gasteiger partial charge in [-0.25, -0.2) is 4.79 Å². The molecule has 0 spiro atoms. The van der Waals surface area contributed by atoms with Gasteiger partial charge in [0.05, 0.1) is 6.61 Å². The van der Waals surface area contributed by atoms with Gasteiger partial charge in [-0.3, -0.25) is 0 Å². The number of carbonyl (C=O) groups excluding carboxylic acids is 1. The molecule has 0 amide bonds. The third-order valence-corrected chi connectivity index (χ3v) is 2.71. The highest BCUT2D eigenvalue weighted by Crippen LogP contribution is 2.34. The first kappa shape index (κ1) is 17.3. The average molecular weight is 300 g/mol. The van der Waals surface area contributed by atoms with Gasteiger partial charge < -0.3 is 14.9 Å². The summed E-state index contributed by atoms with van der Waals surface area (Å²) < 4.78 is 4.58. The minimum absolute atomic E-state index is 0.175. The zero-order chi connectivity index (χ0) is 16.4. The van der Waals surface area contributed by atoms with Crippen molar-refractivity contribution >= 4 is 5.97 Å². The standard InChI is InChI=1S/C12H10O2.C6H10O2/c13-11-7-3-1-5-9(11)10-6-2-4-8-12(10)14;1-3-5-8-6(7)4-2/h1-8,13-14H;4H,2-3,5H2,1H3. The first-order chi connectivity index (χ1) is 10.6. The van der Waals surface area contributed by atoms with E-state index in [1.54, 1.807) is 36.4 Å². The zero-order valence-corrected chi connectivity index (χ0v) is 12.5. The molecule has 0 heterocycles. The Labute approximate surface area is 130 Å². The van der Waals surface area contributed by atoms with Gasteiger partial charge in [-0.15, -0.1) is 0 Å². The Balaban J connectivity index is 0.000000261. The lowest BCUT2D eigenvalue weighted by Gasteiger charge is -2.05. The minimum Gasteiger partial charge on any atom is -0.507 e. The van der Waals surface area contributed by atoms with E-state index in [2.05, 4.69) is 11.3 Å². The van der Waals surface area contributed by atoms with Crippen LogP contribution in [0, 0.1) is 0 Å². The van der Waals surface area contributed by atoms with Crippen LogP contribution in [0.2, 0.25) is 0 Å². The highest BCUT2D eigenvalue weighted by atomic mass is 16.5. The zero-order valence-electron chi connectivity index (χ0n) is 12.5. The Morgan fingerprint density at radius 2 is 1.50 bits per heavy atom. The smallest absolute Gasteiger partial charge is 0.330 e. The van der Waals surface area contributed by atoms with Crippen molar-refractivity contribution in [3.8, 4) is 22.6 Å². The lowest BCUT2D eigenvalue weighted by molar-refractivity contribution is -0.137. The maximum Gasteiger partial charge on any atom is 0.330 e. The van der Waals surface area contributed by atoms with E-state index in [1.807, 2.05) is 19.1 Å². The molecule has 0 saturated heterocycles. The molecule has 0 aliphatic rings. The van der Waals surface area contributed by atoms with Crippen LogP contribution in [-0.2, 0) is 9.53 Å². The third-order valence-electron chi connectivity index (χ3n) is 2.71. The predicted octanol–water partition coefficient (Wildman–Crippen LogP) is 3.89. The Morgan fingerprint density at radius 3 is 1.86 bits per heavy atom. The number of hydrogen-bond donors (Lipinski definition) is 2. The Bertz CT molecular complexity index is 576. The lowest BCUT2D eigenvalue weighted by atomic mass is 10.0. The van der Waals surface area contributed by atoms with Gasteiger partial charge in [0.2, 0.25) is 0 Å². The number of ether oxygens (including phenoxy) is 1. The van der Waals surface area contributed by atoms with Crippen molar-refractivity contribution in [2.75, 3.05) is 6.61 Å². The summed E-state index contributed by atoms with van der Waals surface area (Å²) >= 11 is 0. The van der Waals surface area contributed by atoms with E-state index < -0.39 is 0 Å². The first-order valence-electron chi connectivity index (χ1n) is 6.95. The monoisotopic (exact) mass is 300 g/mol. The van der Waals surface area contributed by atoms with Crippen LogP contribution in [-0.4, -0.2) is 22.8 Å². The summed E-state index contributed by atoms with van der Waals surface area (Å²) in [4.78, 5) is 10.2. The van der Waals surface area contributed by atoms with Crippen LogP contribution in [0.5, 0.6) is 11.5 Å². The number of esters is 1. The van der Waals surface area contributed by atoms with E-state index in [0.29, 0.717) is 17.7 Å². The second-order valence-corrected chi connectivity index (χ2v) is 4.41. The number of rotatable bonds is 4. The molecule has 0 atom stereocenters. The maximum atomic E-state index is 10.2. The molecule has 0 saturated carbocycles. The molecule has 4 heteroatoms. The molecular weight excluding hydrogens is 280 g/mol. The molecule has 0 unspecified atom stereocenters. The fourth-order valence-corrected chi connectivity index (χ4v) is 1.66. The van der Waals surface area contributed by atoms with Gasteiger partial charge >= 0.3 is 5.97 Å². The van der Waals surface area contributed by atoms with Crippen LogP contribution in [0.15, 0.2) is 61.2 Å². The molecule has 0 radical (unpaired) electrons. The molecule has 0 aromatic heterocycles. The minimum atomic E-state index is -0.341. The highest BCUT2D eigenvalue weighted by Gasteiger charge is 2.06. The van der Waals surface area contributed by atoms with Crippen LogP contribution in [0.4, 0.5) is 0 Å². The Morgan fingerprint density at radius 1 is 1.05 bits per heavy atom. The van der Waals surface area contributed by atoms with Gasteiger partial charge in [0, 0.05) is 17.2 Å². The van der Waals surface area contributed by atoms with Crippen molar-refractivity contribution in [3.63, 3.8) is 0 Å². The Kier molecular flexibility index (Phi) is 7.26. The number of phenolic OH excluding ortho intramolecular Hbond substituents is 2. The molecule has 2 N–H and O–H groups in total. The second-order valence-electron chi connectivity index (χ2n) is 4.41. The molecule has 2 rings (SSSR count). The van der Waals surface area contributed by atoms with E-state index in [9.17, 15) is 15.0 Å². The van der Waals surface area contributed by atoms with Crippen LogP contribution in [0.1, 0.15) is 13.3 Å². The molecular formula is C18H20O4. The van der Waals surface area contributed by atoms with Crippen LogP contribution >= 0.6 is 0 Å². The highest BCUT2D eigenvalue weighted by molar-refractivity contribution is 5.81. The van der Waals surface area contributed by atoms with E-state index in [0.717, 1.165) is 12.5 Å². The number of benzene rings is 2. The predicted molar refractivity (Wildman–Crippen MR) is 86.7 cm³/mol. The fourth-order valence-electron chi connectivity index (χ4n) is 1.66. The summed E-state index contributed by atoms with van der Waals surface area (Å²) in [6.07, 6.45) is 2.02. The van der Waals surface area contributed by atoms with Gasteiger partial charge in [0.1, 0.15) is 11.5 Å². The second kappa shape index (κ2) is 9.23. The van der Waals surface area contributed by atoms with Gasteiger partial charge in [0.25, 0.3) is 0 Å². The normalized spacial score (nSPS) is 9.32. The Hall–Kier alpha value is -2.75. The third kappa shape index (κ3) is 5.32. The van der Waals surface area contributed by atoms with Crippen LogP contribution in [0.25, 0.3) is 11.1 Å². The van der Waals surface area contributed by atoms with Gasteiger partial charge in [0.15, 0.2) is 0 Å². The average Bonchev–Trinajstić information content (AvgIpc) is 2.54. The summed E-state index contributed by atoms with van der Waals surface area (Å²) in [5, 5.41) is 19.2.